The van der Waals surface area contributed by atoms with E-state index in [2.05, 4.69) is 20.8 Å². The average molecular weight is 396 g/mol. The zero-order chi connectivity index (χ0) is 18.6. The number of anilines is 1. The van der Waals surface area contributed by atoms with Gasteiger partial charge in [0.1, 0.15) is 0 Å². The molecule has 0 aliphatic rings. The van der Waals surface area contributed by atoms with E-state index in [-0.39, 0.29) is 11.2 Å². The molecule has 0 radical (unpaired) electrons. The van der Waals surface area contributed by atoms with Crippen LogP contribution < -0.4 is 5.32 Å². The van der Waals surface area contributed by atoms with Gasteiger partial charge in [0.15, 0.2) is 0 Å². The van der Waals surface area contributed by atoms with Crippen LogP contribution >= 0.6 is 23.1 Å². The fourth-order valence-corrected chi connectivity index (χ4v) is 4.19. The Bertz CT molecular complexity index is 1060. The minimum absolute atomic E-state index is 0.0815. The van der Waals surface area contributed by atoms with Crippen LogP contribution in [0.15, 0.2) is 65.1 Å². The highest BCUT2D eigenvalue weighted by atomic mass is 32.2. The summed E-state index contributed by atoms with van der Waals surface area (Å²) in [5.41, 5.74) is 0.809. The zero-order valence-electron chi connectivity index (χ0n) is 14.6. The third-order valence-corrected chi connectivity index (χ3v) is 6.02. The Hall–Kier alpha value is -2.71. The first-order valence-electron chi connectivity index (χ1n) is 8.44. The second-order valence-corrected chi connectivity index (χ2v) is 8.31. The molecule has 2 aromatic carbocycles. The molecule has 2 heterocycles. The van der Waals surface area contributed by atoms with Gasteiger partial charge in [-0.25, -0.2) is 4.68 Å². The third-order valence-electron chi connectivity index (χ3n) is 4.08. The molecule has 1 N–H and O–H groups in total. The number of carbonyl (C=O) groups excluding carboxylic acids is 1. The number of thioether (sulfide) groups is 1. The van der Waals surface area contributed by atoms with Crippen molar-refractivity contribution in [3.63, 3.8) is 0 Å². The first-order valence-corrected chi connectivity index (χ1v) is 10.2. The predicted octanol–water partition coefficient (Wildman–Crippen LogP) is 4.06. The lowest BCUT2D eigenvalue weighted by Gasteiger charge is -2.13. The van der Waals surface area contributed by atoms with E-state index >= 15 is 0 Å². The Morgan fingerprint density at radius 3 is 2.89 bits per heavy atom. The Labute approximate surface area is 164 Å². The van der Waals surface area contributed by atoms with Crippen molar-refractivity contribution in [3.05, 3.63) is 64.9 Å². The maximum atomic E-state index is 12.7. The summed E-state index contributed by atoms with van der Waals surface area (Å²) in [6, 6.07) is 17.9. The second kappa shape index (κ2) is 7.89. The van der Waals surface area contributed by atoms with E-state index in [4.69, 9.17) is 0 Å². The molecule has 0 fully saturated rings. The third kappa shape index (κ3) is 4.01. The largest absolute Gasteiger partial charge is 0.325 e. The van der Waals surface area contributed by atoms with Crippen molar-refractivity contribution < 1.29 is 4.79 Å². The maximum absolute atomic E-state index is 12.7. The number of hydrogen-bond donors (Lipinski definition) is 1. The summed E-state index contributed by atoms with van der Waals surface area (Å²) < 4.78 is 1.72. The highest BCUT2D eigenvalue weighted by Gasteiger charge is 2.19. The summed E-state index contributed by atoms with van der Waals surface area (Å²) >= 11 is 3.00. The predicted molar refractivity (Wildman–Crippen MR) is 109 cm³/mol. The molecular weight excluding hydrogens is 378 g/mol. The number of aromatic nitrogens is 4. The summed E-state index contributed by atoms with van der Waals surface area (Å²) in [4.78, 5) is 13.9. The lowest BCUT2D eigenvalue weighted by atomic mass is 10.1. The van der Waals surface area contributed by atoms with Crippen molar-refractivity contribution in [1.29, 1.82) is 0 Å². The standard InChI is InChI=1S/C19H17N5OS2/c1-13(27-19-21-22-23-24(19)12-15-8-5-11-26-15)18(25)20-17-10-4-7-14-6-2-3-9-16(14)17/h2-11,13H,12H2,1H3,(H,20,25). The van der Waals surface area contributed by atoms with Crippen molar-refractivity contribution in [3.8, 4) is 0 Å². The molecule has 2 aromatic heterocycles. The Morgan fingerprint density at radius 1 is 1.19 bits per heavy atom. The average Bonchev–Trinajstić information content (AvgIpc) is 3.35. The van der Waals surface area contributed by atoms with Crippen molar-refractivity contribution in [2.24, 2.45) is 0 Å². The highest BCUT2D eigenvalue weighted by molar-refractivity contribution is 8.00. The van der Waals surface area contributed by atoms with Gasteiger partial charge in [0, 0.05) is 16.0 Å². The quantitative estimate of drug-likeness (QED) is 0.499. The minimum atomic E-state index is -0.336. The first-order chi connectivity index (χ1) is 13.2. The summed E-state index contributed by atoms with van der Waals surface area (Å²) in [5.74, 6) is -0.0815. The van der Waals surface area contributed by atoms with Crippen molar-refractivity contribution in [2.75, 3.05) is 5.32 Å². The number of thiophene rings is 1. The normalized spacial score (nSPS) is 12.2. The summed E-state index contributed by atoms with van der Waals surface area (Å²) in [5, 5.41) is 19.3. The number of fused-ring (bicyclic) bond motifs is 1. The number of rotatable bonds is 6. The lowest BCUT2D eigenvalue weighted by molar-refractivity contribution is -0.115. The number of carbonyl (C=O) groups is 1. The van der Waals surface area contributed by atoms with Gasteiger partial charge in [0.25, 0.3) is 0 Å². The van der Waals surface area contributed by atoms with Gasteiger partial charge in [-0.15, -0.1) is 16.4 Å². The molecule has 0 spiro atoms. The molecule has 1 unspecified atom stereocenters. The van der Waals surface area contributed by atoms with Gasteiger partial charge in [-0.1, -0.05) is 54.2 Å². The molecule has 0 bridgehead atoms. The van der Waals surface area contributed by atoms with Crippen LogP contribution in [-0.4, -0.2) is 31.4 Å². The fourth-order valence-electron chi connectivity index (χ4n) is 2.71. The highest BCUT2D eigenvalue weighted by Crippen LogP contribution is 2.26. The van der Waals surface area contributed by atoms with E-state index in [1.54, 1.807) is 16.0 Å². The van der Waals surface area contributed by atoms with Crippen LogP contribution in [0.1, 0.15) is 11.8 Å². The van der Waals surface area contributed by atoms with Crippen LogP contribution in [-0.2, 0) is 11.3 Å². The SMILES string of the molecule is CC(Sc1nnnn1Cc1cccs1)C(=O)Nc1cccc2ccccc12. The van der Waals surface area contributed by atoms with Crippen LogP contribution in [0, 0.1) is 0 Å². The smallest absolute Gasteiger partial charge is 0.237 e. The molecule has 27 heavy (non-hydrogen) atoms. The molecule has 0 aliphatic heterocycles. The number of tetrazole rings is 1. The molecular formula is C19H17N5OS2. The van der Waals surface area contributed by atoms with Crippen molar-refractivity contribution in [2.45, 2.75) is 23.9 Å². The van der Waals surface area contributed by atoms with Gasteiger partial charge < -0.3 is 5.32 Å². The summed E-state index contributed by atoms with van der Waals surface area (Å²) in [6.07, 6.45) is 0. The number of amides is 1. The van der Waals surface area contributed by atoms with Crippen LogP contribution in [0.2, 0.25) is 0 Å². The van der Waals surface area contributed by atoms with Gasteiger partial charge >= 0.3 is 0 Å². The molecule has 0 saturated carbocycles. The maximum Gasteiger partial charge on any atom is 0.237 e. The molecule has 0 saturated heterocycles. The van der Waals surface area contributed by atoms with E-state index in [1.807, 2.05) is 66.9 Å². The van der Waals surface area contributed by atoms with Gasteiger partial charge in [-0.05, 0) is 40.2 Å². The molecule has 0 aliphatic carbocycles. The van der Waals surface area contributed by atoms with Gasteiger partial charge in [-0.2, -0.15) is 0 Å². The van der Waals surface area contributed by atoms with Crippen LogP contribution in [0.5, 0.6) is 0 Å². The number of nitrogens with one attached hydrogen (secondary N) is 1. The topological polar surface area (TPSA) is 72.7 Å². The van der Waals surface area contributed by atoms with E-state index in [0.29, 0.717) is 11.7 Å². The van der Waals surface area contributed by atoms with E-state index < -0.39 is 0 Å². The van der Waals surface area contributed by atoms with Gasteiger partial charge in [0.05, 0.1) is 11.8 Å². The van der Waals surface area contributed by atoms with Gasteiger partial charge in [0.2, 0.25) is 11.1 Å². The van der Waals surface area contributed by atoms with Crippen LogP contribution in [0.4, 0.5) is 5.69 Å². The number of nitrogens with zero attached hydrogens (tertiary/aromatic N) is 4. The Morgan fingerprint density at radius 2 is 2.04 bits per heavy atom. The first kappa shape index (κ1) is 17.7. The molecule has 4 aromatic rings. The molecule has 1 amide bonds. The Kier molecular flexibility index (Phi) is 5.17. The molecule has 6 nitrogen and oxygen atoms in total. The van der Waals surface area contributed by atoms with Crippen molar-refractivity contribution >= 4 is 45.5 Å². The number of hydrogen-bond acceptors (Lipinski definition) is 6. The van der Waals surface area contributed by atoms with E-state index in [1.165, 1.54) is 11.8 Å². The molecule has 136 valence electrons. The lowest BCUT2D eigenvalue weighted by Crippen LogP contribution is -2.23. The van der Waals surface area contributed by atoms with E-state index in [9.17, 15) is 4.79 Å². The second-order valence-electron chi connectivity index (χ2n) is 5.97. The number of benzene rings is 2. The van der Waals surface area contributed by atoms with Gasteiger partial charge in [-0.3, -0.25) is 4.79 Å². The monoisotopic (exact) mass is 395 g/mol. The molecule has 4 rings (SSSR count). The molecule has 1 atom stereocenters. The van der Waals surface area contributed by atoms with Crippen molar-refractivity contribution in [1.82, 2.24) is 20.2 Å². The van der Waals surface area contributed by atoms with Crippen LogP contribution in [0.25, 0.3) is 10.8 Å². The summed E-state index contributed by atoms with van der Waals surface area (Å²) in [7, 11) is 0. The Balaban J connectivity index is 1.46. The van der Waals surface area contributed by atoms with Crippen LogP contribution in [0.3, 0.4) is 0 Å². The van der Waals surface area contributed by atoms with E-state index in [0.717, 1.165) is 21.3 Å². The minimum Gasteiger partial charge on any atom is -0.325 e. The fraction of sp³-hybridized carbons (Fsp3) is 0.158. The zero-order valence-corrected chi connectivity index (χ0v) is 16.2. The summed E-state index contributed by atoms with van der Waals surface area (Å²) in [6.45, 7) is 2.46. The molecule has 8 heteroatoms.